The molecule has 9 heteroatoms. The molecule has 0 aliphatic heterocycles. The summed E-state index contributed by atoms with van der Waals surface area (Å²) in [5, 5.41) is 2.59. The maximum Gasteiger partial charge on any atom is 0.407 e. The Bertz CT molecular complexity index is 642. The Kier molecular flexibility index (Phi) is 12.3. The number of carbonyl (C=O) groups is 3. The van der Waals surface area contributed by atoms with Crippen molar-refractivity contribution in [3.63, 3.8) is 0 Å². The Morgan fingerprint density at radius 2 is 1.33 bits per heavy atom. The minimum absolute atomic E-state index is 0.00876. The number of carbonyl (C=O) groups excluding carboxylic acids is 3. The lowest BCUT2D eigenvalue weighted by Gasteiger charge is -2.19. The van der Waals surface area contributed by atoms with Crippen molar-refractivity contribution >= 4 is 17.8 Å². The van der Waals surface area contributed by atoms with Crippen LogP contribution < -0.4 is 5.32 Å². The molecule has 0 fully saturated rings. The first-order chi connectivity index (χ1) is 14.3. The van der Waals surface area contributed by atoms with Crippen LogP contribution in [-0.2, 0) is 28.5 Å². The summed E-state index contributed by atoms with van der Waals surface area (Å²) >= 11 is 0. The van der Waals surface area contributed by atoms with Crippen LogP contribution in [0.1, 0.15) is 31.1 Å². The molecule has 0 bridgehead atoms. The molecule has 168 valence electrons. The highest BCUT2D eigenvalue weighted by Gasteiger charge is 2.17. The van der Waals surface area contributed by atoms with E-state index in [1.54, 1.807) is 51.1 Å². The number of ether oxygens (including phenoxy) is 5. The van der Waals surface area contributed by atoms with Gasteiger partial charge in [0.1, 0.15) is 12.2 Å². The molecule has 0 unspecified atom stereocenters. The number of ketones is 1. The third-order valence-corrected chi connectivity index (χ3v) is 3.34. The molecular weight excluding hydrogens is 394 g/mol. The van der Waals surface area contributed by atoms with Gasteiger partial charge in [0.25, 0.3) is 5.78 Å². The van der Waals surface area contributed by atoms with Gasteiger partial charge in [0.2, 0.25) is 0 Å². The Morgan fingerprint density at radius 1 is 0.800 bits per heavy atom. The fourth-order valence-electron chi connectivity index (χ4n) is 2.05. The van der Waals surface area contributed by atoms with E-state index in [0.717, 1.165) is 0 Å². The van der Waals surface area contributed by atoms with Gasteiger partial charge in [0.05, 0.1) is 39.6 Å². The average Bonchev–Trinajstić information content (AvgIpc) is 2.70. The Morgan fingerprint density at radius 3 is 1.90 bits per heavy atom. The lowest BCUT2D eigenvalue weighted by atomic mass is 10.1. The lowest BCUT2D eigenvalue weighted by molar-refractivity contribution is -0.139. The first-order valence-corrected chi connectivity index (χ1v) is 9.76. The zero-order chi connectivity index (χ0) is 22.2. The highest BCUT2D eigenvalue weighted by atomic mass is 16.6. The van der Waals surface area contributed by atoms with E-state index in [1.807, 2.05) is 0 Å². The SMILES string of the molecule is CC(C)(C)OC(=O)NCCOCCOCCOCCOC(=O)C(=O)c1ccccc1. The smallest absolute Gasteiger partial charge is 0.407 e. The van der Waals surface area contributed by atoms with Gasteiger partial charge in [0, 0.05) is 12.1 Å². The van der Waals surface area contributed by atoms with E-state index in [2.05, 4.69) is 5.32 Å². The van der Waals surface area contributed by atoms with Crippen LogP contribution in [-0.4, -0.2) is 76.2 Å². The molecule has 0 atom stereocenters. The molecule has 0 aliphatic rings. The van der Waals surface area contributed by atoms with E-state index in [0.29, 0.717) is 45.1 Å². The second-order valence-corrected chi connectivity index (χ2v) is 7.10. The summed E-state index contributed by atoms with van der Waals surface area (Å²) in [4.78, 5) is 34.8. The number of amides is 1. The molecule has 0 aliphatic carbocycles. The van der Waals surface area contributed by atoms with E-state index in [4.69, 9.17) is 23.7 Å². The summed E-state index contributed by atoms with van der Waals surface area (Å²) in [6.07, 6.45) is -0.477. The molecule has 0 radical (unpaired) electrons. The molecule has 1 aromatic rings. The zero-order valence-corrected chi connectivity index (χ0v) is 17.8. The van der Waals surface area contributed by atoms with E-state index in [1.165, 1.54) is 0 Å². The average molecular weight is 425 g/mol. The normalized spacial score (nSPS) is 11.0. The number of nitrogens with one attached hydrogen (secondary N) is 1. The van der Waals surface area contributed by atoms with Crippen molar-refractivity contribution in [2.24, 2.45) is 0 Å². The summed E-state index contributed by atoms with van der Waals surface area (Å²) in [5.41, 5.74) is -0.234. The first-order valence-electron chi connectivity index (χ1n) is 9.76. The third-order valence-electron chi connectivity index (χ3n) is 3.34. The van der Waals surface area contributed by atoms with Crippen LogP contribution in [0.3, 0.4) is 0 Å². The van der Waals surface area contributed by atoms with Gasteiger partial charge in [-0.1, -0.05) is 30.3 Å². The minimum Gasteiger partial charge on any atom is -0.457 e. The van der Waals surface area contributed by atoms with Crippen molar-refractivity contribution in [2.45, 2.75) is 26.4 Å². The predicted molar refractivity (Wildman–Crippen MR) is 108 cm³/mol. The molecule has 1 aromatic carbocycles. The summed E-state index contributed by atoms with van der Waals surface area (Å²) in [7, 11) is 0. The molecule has 1 rings (SSSR count). The molecule has 1 N–H and O–H groups in total. The van der Waals surface area contributed by atoms with Gasteiger partial charge in [-0.15, -0.1) is 0 Å². The predicted octanol–water partition coefficient (Wildman–Crippen LogP) is 1.99. The zero-order valence-electron chi connectivity index (χ0n) is 17.8. The molecule has 30 heavy (non-hydrogen) atoms. The van der Waals surface area contributed by atoms with E-state index in [-0.39, 0.29) is 13.2 Å². The quantitative estimate of drug-likeness (QED) is 0.209. The minimum atomic E-state index is -0.903. The molecule has 0 saturated carbocycles. The van der Waals surface area contributed by atoms with Crippen LogP contribution in [0.25, 0.3) is 0 Å². The Labute approximate surface area is 177 Å². The van der Waals surface area contributed by atoms with Crippen molar-refractivity contribution in [1.29, 1.82) is 0 Å². The number of hydrogen-bond acceptors (Lipinski definition) is 8. The second kappa shape index (κ2) is 14.5. The summed E-state index contributed by atoms with van der Waals surface area (Å²) in [6.45, 7) is 7.70. The molecular formula is C21H31NO8. The van der Waals surface area contributed by atoms with E-state index < -0.39 is 23.4 Å². The maximum absolute atomic E-state index is 11.8. The highest BCUT2D eigenvalue weighted by Crippen LogP contribution is 2.06. The standard InChI is InChI=1S/C21H31NO8/c1-21(2,3)30-20(25)22-9-10-26-11-12-27-13-14-28-15-16-29-19(24)18(23)17-7-5-4-6-8-17/h4-8H,9-16H2,1-3H3,(H,22,25). The van der Waals surface area contributed by atoms with Crippen LogP contribution in [0.2, 0.25) is 0 Å². The third kappa shape index (κ3) is 12.9. The van der Waals surface area contributed by atoms with Crippen molar-refractivity contribution < 1.29 is 38.1 Å². The Balaban J connectivity index is 1.88. The fraction of sp³-hybridized carbons (Fsp3) is 0.571. The second-order valence-electron chi connectivity index (χ2n) is 7.10. The lowest BCUT2D eigenvalue weighted by Crippen LogP contribution is -2.34. The van der Waals surface area contributed by atoms with Crippen molar-refractivity contribution in [3.8, 4) is 0 Å². The number of hydrogen-bond donors (Lipinski definition) is 1. The van der Waals surface area contributed by atoms with Gasteiger partial charge in [-0.05, 0) is 20.8 Å². The summed E-state index contributed by atoms with van der Waals surface area (Å²) < 4.78 is 25.9. The number of esters is 1. The van der Waals surface area contributed by atoms with Crippen molar-refractivity contribution in [1.82, 2.24) is 5.32 Å². The number of benzene rings is 1. The number of Topliss-reactive ketones (excluding diaryl/α,β-unsaturated/α-hetero) is 1. The van der Waals surface area contributed by atoms with Crippen LogP contribution in [0.4, 0.5) is 4.79 Å². The van der Waals surface area contributed by atoms with Crippen LogP contribution in [0, 0.1) is 0 Å². The van der Waals surface area contributed by atoms with Gasteiger partial charge < -0.3 is 29.0 Å². The molecule has 0 aromatic heterocycles. The van der Waals surface area contributed by atoms with Gasteiger partial charge >= 0.3 is 12.1 Å². The molecule has 0 heterocycles. The topological polar surface area (TPSA) is 109 Å². The van der Waals surface area contributed by atoms with Crippen LogP contribution >= 0.6 is 0 Å². The maximum atomic E-state index is 11.8. The van der Waals surface area contributed by atoms with Gasteiger partial charge in [-0.2, -0.15) is 0 Å². The summed E-state index contributed by atoms with van der Waals surface area (Å²) in [5.74, 6) is -1.58. The van der Waals surface area contributed by atoms with Crippen molar-refractivity contribution in [2.75, 3.05) is 52.8 Å². The van der Waals surface area contributed by atoms with Crippen LogP contribution in [0.5, 0.6) is 0 Å². The van der Waals surface area contributed by atoms with Crippen LogP contribution in [0.15, 0.2) is 30.3 Å². The molecule has 0 saturated heterocycles. The molecule has 9 nitrogen and oxygen atoms in total. The van der Waals surface area contributed by atoms with E-state index >= 15 is 0 Å². The highest BCUT2D eigenvalue weighted by molar-refractivity contribution is 6.40. The number of alkyl carbamates (subject to hydrolysis) is 1. The largest absolute Gasteiger partial charge is 0.457 e. The summed E-state index contributed by atoms with van der Waals surface area (Å²) in [6, 6.07) is 8.22. The molecule has 1 amide bonds. The monoisotopic (exact) mass is 425 g/mol. The Hall–Kier alpha value is -2.49. The van der Waals surface area contributed by atoms with Gasteiger partial charge in [-0.3, -0.25) is 4.79 Å². The van der Waals surface area contributed by atoms with E-state index in [9.17, 15) is 14.4 Å². The first kappa shape index (κ1) is 25.5. The van der Waals surface area contributed by atoms with Gasteiger partial charge in [-0.25, -0.2) is 9.59 Å². The molecule has 0 spiro atoms. The number of rotatable bonds is 14. The van der Waals surface area contributed by atoms with Gasteiger partial charge in [0.15, 0.2) is 0 Å². The van der Waals surface area contributed by atoms with Crippen molar-refractivity contribution in [3.05, 3.63) is 35.9 Å². The fourth-order valence-corrected chi connectivity index (χ4v) is 2.05.